The van der Waals surface area contributed by atoms with E-state index < -0.39 is 11.8 Å². The molecule has 1 heterocycles. The quantitative estimate of drug-likeness (QED) is 0.626. The van der Waals surface area contributed by atoms with Crippen molar-refractivity contribution in [2.75, 3.05) is 12.4 Å². The normalized spacial score (nSPS) is 10.5. The Morgan fingerprint density at radius 2 is 1.88 bits per heavy atom. The summed E-state index contributed by atoms with van der Waals surface area (Å²) in [5.41, 5.74) is 2.73. The summed E-state index contributed by atoms with van der Waals surface area (Å²) in [6, 6.07) is 11.9. The maximum Gasteiger partial charge on any atom is 0.340 e. The number of carbonyl (C=O) groups excluding carboxylic acids is 1. The Balaban J connectivity index is 2.15. The van der Waals surface area contributed by atoms with Crippen LogP contribution < -0.4 is 5.32 Å². The number of halogens is 2. The standard InChI is InChI=1S/C20H16ClFN2O2/c1-12-7-8-17(16(22)9-12)24-18-11-23-10-14(19(18)20(25)26-2)13-5-3-4-6-15(13)21/h3-11,24H,1-2H3. The molecule has 0 amide bonds. The minimum atomic E-state index is -0.572. The van der Waals surface area contributed by atoms with E-state index >= 15 is 0 Å². The monoisotopic (exact) mass is 370 g/mol. The van der Waals surface area contributed by atoms with Crippen LogP contribution in [0.15, 0.2) is 54.9 Å². The predicted molar refractivity (Wildman–Crippen MR) is 100 cm³/mol. The average Bonchev–Trinajstić information content (AvgIpc) is 2.63. The zero-order valence-electron chi connectivity index (χ0n) is 14.2. The first-order valence-electron chi connectivity index (χ1n) is 7.85. The van der Waals surface area contributed by atoms with E-state index in [-0.39, 0.29) is 11.3 Å². The number of nitrogens with one attached hydrogen (secondary N) is 1. The number of esters is 1. The van der Waals surface area contributed by atoms with E-state index in [9.17, 15) is 9.18 Å². The molecule has 1 N–H and O–H groups in total. The fourth-order valence-corrected chi connectivity index (χ4v) is 2.87. The smallest absolute Gasteiger partial charge is 0.340 e. The molecule has 0 unspecified atom stereocenters. The summed E-state index contributed by atoms with van der Waals surface area (Å²) in [6.45, 7) is 1.80. The first-order valence-corrected chi connectivity index (χ1v) is 8.23. The van der Waals surface area contributed by atoms with Gasteiger partial charge in [0, 0.05) is 22.3 Å². The second-order valence-electron chi connectivity index (χ2n) is 5.69. The van der Waals surface area contributed by atoms with E-state index in [0.717, 1.165) is 5.56 Å². The molecule has 0 spiro atoms. The van der Waals surface area contributed by atoms with Gasteiger partial charge in [-0.25, -0.2) is 9.18 Å². The van der Waals surface area contributed by atoms with Crippen molar-refractivity contribution in [3.63, 3.8) is 0 Å². The lowest BCUT2D eigenvalue weighted by Crippen LogP contribution is -2.09. The third kappa shape index (κ3) is 3.53. The van der Waals surface area contributed by atoms with E-state index in [2.05, 4.69) is 10.3 Å². The Labute approximate surface area is 155 Å². The Bertz CT molecular complexity index is 976. The third-order valence-electron chi connectivity index (χ3n) is 3.89. The van der Waals surface area contributed by atoms with E-state index in [0.29, 0.717) is 21.8 Å². The Kier molecular flexibility index (Phi) is 5.19. The van der Waals surface area contributed by atoms with Gasteiger partial charge in [0.05, 0.1) is 30.2 Å². The molecule has 0 fully saturated rings. The first-order chi connectivity index (χ1) is 12.5. The van der Waals surface area contributed by atoms with Crippen LogP contribution in [-0.2, 0) is 4.74 Å². The zero-order chi connectivity index (χ0) is 18.7. The van der Waals surface area contributed by atoms with Crippen LogP contribution in [0.25, 0.3) is 11.1 Å². The van der Waals surface area contributed by atoms with Crippen molar-refractivity contribution in [2.24, 2.45) is 0 Å². The molecule has 1 aromatic heterocycles. The summed E-state index contributed by atoms with van der Waals surface area (Å²) in [5.74, 6) is -0.999. The molecule has 3 rings (SSSR count). The number of anilines is 2. The van der Waals surface area contributed by atoms with E-state index in [1.807, 2.05) is 6.07 Å². The van der Waals surface area contributed by atoms with E-state index in [1.165, 1.54) is 25.6 Å². The number of ether oxygens (including phenoxy) is 1. The molecule has 0 aliphatic carbocycles. The molecule has 0 saturated heterocycles. The van der Waals surface area contributed by atoms with E-state index in [4.69, 9.17) is 16.3 Å². The molecule has 0 atom stereocenters. The minimum absolute atomic E-state index is 0.232. The van der Waals surface area contributed by atoms with Crippen LogP contribution in [0.2, 0.25) is 5.02 Å². The Hall–Kier alpha value is -2.92. The second kappa shape index (κ2) is 7.54. The lowest BCUT2D eigenvalue weighted by atomic mass is 10.0. The number of methoxy groups -OCH3 is 1. The number of pyridine rings is 1. The van der Waals surface area contributed by atoms with Crippen LogP contribution in [0.3, 0.4) is 0 Å². The second-order valence-corrected chi connectivity index (χ2v) is 6.10. The third-order valence-corrected chi connectivity index (χ3v) is 4.22. The molecule has 0 bridgehead atoms. The molecular formula is C20H16ClFN2O2. The number of carbonyl (C=O) groups is 1. The van der Waals surface area contributed by atoms with Crippen molar-refractivity contribution in [1.29, 1.82) is 0 Å². The van der Waals surface area contributed by atoms with Gasteiger partial charge in [-0.3, -0.25) is 4.98 Å². The molecule has 2 aromatic carbocycles. The predicted octanol–water partition coefficient (Wildman–Crippen LogP) is 5.38. The van der Waals surface area contributed by atoms with Crippen molar-refractivity contribution in [3.05, 3.63) is 76.8 Å². The van der Waals surface area contributed by atoms with Crippen molar-refractivity contribution in [1.82, 2.24) is 4.98 Å². The van der Waals surface area contributed by atoms with Crippen LogP contribution >= 0.6 is 11.6 Å². The van der Waals surface area contributed by atoms with Crippen molar-refractivity contribution in [2.45, 2.75) is 6.92 Å². The molecule has 3 aromatic rings. The largest absolute Gasteiger partial charge is 0.465 e. The fraction of sp³-hybridized carbons (Fsp3) is 0.100. The molecule has 6 heteroatoms. The molecule has 4 nitrogen and oxygen atoms in total. The minimum Gasteiger partial charge on any atom is -0.465 e. The highest BCUT2D eigenvalue weighted by molar-refractivity contribution is 6.33. The summed E-state index contributed by atoms with van der Waals surface area (Å²) in [5, 5.41) is 3.40. The van der Waals surface area contributed by atoms with Crippen molar-refractivity contribution < 1.29 is 13.9 Å². The number of benzene rings is 2. The maximum absolute atomic E-state index is 14.2. The number of rotatable bonds is 4. The first kappa shape index (κ1) is 17.9. The Morgan fingerprint density at radius 1 is 1.12 bits per heavy atom. The summed E-state index contributed by atoms with van der Waals surface area (Å²) in [6.07, 6.45) is 2.98. The van der Waals surface area contributed by atoms with E-state index in [1.54, 1.807) is 37.3 Å². The van der Waals surface area contributed by atoms with Crippen LogP contribution in [0.1, 0.15) is 15.9 Å². The van der Waals surface area contributed by atoms with Gasteiger partial charge in [0.25, 0.3) is 0 Å². The van der Waals surface area contributed by atoms with Gasteiger partial charge in [-0.15, -0.1) is 0 Å². The molecular weight excluding hydrogens is 355 g/mol. The highest BCUT2D eigenvalue weighted by atomic mass is 35.5. The molecule has 0 aliphatic heterocycles. The molecule has 0 radical (unpaired) electrons. The van der Waals surface area contributed by atoms with Gasteiger partial charge in [-0.05, 0) is 30.7 Å². The molecule has 26 heavy (non-hydrogen) atoms. The number of nitrogens with zero attached hydrogens (tertiary/aromatic N) is 1. The van der Waals surface area contributed by atoms with Crippen molar-refractivity contribution >= 4 is 28.9 Å². The lowest BCUT2D eigenvalue weighted by molar-refractivity contribution is 0.0602. The van der Waals surface area contributed by atoms with Crippen LogP contribution in [0.4, 0.5) is 15.8 Å². The number of aryl methyl sites for hydroxylation is 1. The van der Waals surface area contributed by atoms with Gasteiger partial charge >= 0.3 is 5.97 Å². The van der Waals surface area contributed by atoms with Crippen LogP contribution in [-0.4, -0.2) is 18.1 Å². The van der Waals surface area contributed by atoms with Gasteiger partial charge in [-0.2, -0.15) is 0 Å². The van der Waals surface area contributed by atoms with Crippen molar-refractivity contribution in [3.8, 4) is 11.1 Å². The van der Waals surface area contributed by atoms with Gasteiger partial charge in [0.15, 0.2) is 0 Å². The SMILES string of the molecule is COC(=O)c1c(Nc2ccc(C)cc2F)cncc1-c1ccccc1Cl. The lowest BCUT2D eigenvalue weighted by Gasteiger charge is -2.15. The maximum atomic E-state index is 14.2. The average molecular weight is 371 g/mol. The molecule has 0 aliphatic rings. The fourth-order valence-electron chi connectivity index (χ4n) is 2.63. The highest BCUT2D eigenvalue weighted by Crippen LogP contribution is 2.35. The summed E-state index contributed by atoms with van der Waals surface area (Å²) in [4.78, 5) is 16.6. The van der Waals surface area contributed by atoms with Gasteiger partial charge < -0.3 is 10.1 Å². The summed E-state index contributed by atoms with van der Waals surface area (Å²) in [7, 11) is 1.29. The molecule has 132 valence electrons. The number of aromatic nitrogens is 1. The summed E-state index contributed by atoms with van der Waals surface area (Å²) >= 11 is 6.27. The number of hydrogen-bond acceptors (Lipinski definition) is 4. The van der Waals surface area contributed by atoms with Gasteiger partial charge in [0.2, 0.25) is 0 Å². The van der Waals surface area contributed by atoms with Crippen LogP contribution in [0.5, 0.6) is 0 Å². The van der Waals surface area contributed by atoms with Crippen LogP contribution in [0, 0.1) is 12.7 Å². The zero-order valence-corrected chi connectivity index (χ0v) is 15.0. The Morgan fingerprint density at radius 3 is 2.58 bits per heavy atom. The van der Waals surface area contributed by atoms with Gasteiger partial charge in [0.1, 0.15) is 5.82 Å². The molecule has 0 saturated carbocycles. The number of hydrogen-bond donors (Lipinski definition) is 1. The van der Waals surface area contributed by atoms with Gasteiger partial charge in [-0.1, -0.05) is 35.9 Å². The highest BCUT2D eigenvalue weighted by Gasteiger charge is 2.21. The summed E-state index contributed by atoms with van der Waals surface area (Å²) < 4.78 is 19.1. The topological polar surface area (TPSA) is 51.2 Å².